The van der Waals surface area contributed by atoms with E-state index in [1.807, 2.05) is 19.4 Å². The third-order valence-electron chi connectivity index (χ3n) is 2.03. The Morgan fingerprint density at radius 3 is 2.26 bits per heavy atom. The second kappa shape index (κ2) is 14.0. The fourth-order valence-electron chi connectivity index (χ4n) is 1.22. The Morgan fingerprint density at radius 2 is 1.68 bits per heavy atom. The highest BCUT2D eigenvalue weighted by Crippen LogP contribution is 1.95. The molecule has 0 aromatic heterocycles. The molecule has 0 radical (unpaired) electrons. The minimum atomic E-state index is 0.649. The Labute approximate surface area is 125 Å². The van der Waals surface area contributed by atoms with Gasteiger partial charge in [-0.3, -0.25) is 9.98 Å². The Hall–Kier alpha value is -0.400. The maximum Gasteiger partial charge on any atom is 0.156 e. The number of rotatable bonds is 8. The number of ether oxygens (including phenoxy) is 1. The van der Waals surface area contributed by atoms with Crippen molar-refractivity contribution < 1.29 is 4.74 Å². The normalized spacial score (nSPS) is 12.6. The minimum Gasteiger partial charge on any atom is -0.378 e. The second-order valence-electron chi connectivity index (χ2n) is 3.44. The highest BCUT2D eigenvalue weighted by atomic mass is 32.2. The number of amidine groups is 2. The SMILES string of the molecule is CCN=C(NCCOCCN=C(NCC)SC)SC. The van der Waals surface area contributed by atoms with E-state index in [9.17, 15) is 0 Å². The van der Waals surface area contributed by atoms with Gasteiger partial charge < -0.3 is 15.4 Å². The van der Waals surface area contributed by atoms with Crippen molar-refractivity contribution in [1.82, 2.24) is 10.6 Å². The van der Waals surface area contributed by atoms with Crippen LogP contribution in [0.15, 0.2) is 9.98 Å². The lowest BCUT2D eigenvalue weighted by molar-refractivity contribution is 0.147. The van der Waals surface area contributed by atoms with E-state index in [1.54, 1.807) is 23.5 Å². The van der Waals surface area contributed by atoms with Crippen molar-refractivity contribution in [3.8, 4) is 0 Å². The molecule has 7 heteroatoms. The maximum absolute atomic E-state index is 5.51. The quantitative estimate of drug-likeness (QED) is 0.406. The topological polar surface area (TPSA) is 58.0 Å². The summed E-state index contributed by atoms with van der Waals surface area (Å²) in [5.74, 6) is 0. The van der Waals surface area contributed by atoms with Gasteiger partial charge in [-0.05, 0) is 26.4 Å². The molecule has 0 heterocycles. The maximum atomic E-state index is 5.51. The molecular formula is C12H26N4OS2. The number of hydrogen-bond donors (Lipinski definition) is 2. The van der Waals surface area contributed by atoms with Crippen LogP contribution in [0.3, 0.4) is 0 Å². The van der Waals surface area contributed by atoms with Gasteiger partial charge in [0.05, 0.1) is 19.8 Å². The van der Waals surface area contributed by atoms with Crippen LogP contribution in [0.4, 0.5) is 0 Å². The van der Waals surface area contributed by atoms with Gasteiger partial charge in [-0.2, -0.15) is 0 Å². The van der Waals surface area contributed by atoms with Crippen molar-refractivity contribution in [2.45, 2.75) is 13.8 Å². The van der Waals surface area contributed by atoms with Gasteiger partial charge in [0, 0.05) is 19.6 Å². The summed E-state index contributed by atoms with van der Waals surface area (Å²) in [6, 6.07) is 0. The second-order valence-corrected chi connectivity index (χ2v) is 5.03. The number of hydrogen-bond acceptors (Lipinski definition) is 5. The molecule has 0 unspecified atom stereocenters. The standard InChI is InChI=1S/C12H26N4OS2/c1-5-13-11(18-3)15-7-9-17-10-8-16-12(19-4)14-6-2/h5-10H2,1-4H3,(H,13,15)(H,14,16). The third kappa shape index (κ3) is 11.1. The van der Waals surface area contributed by atoms with E-state index in [4.69, 9.17) is 4.74 Å². The summed E-state index contributed by atoms with van der Waals surface area (Å²) in [4.78, 5) is 8.72. The number of nitrogens with zero attached hydrogens (tertiary/aromatic N) is 2. The van der Waals surface area contributed by atoms with Crippen LogP contribution in [0.5, 0.6) is 0 Å². The van der Waals surface area contributed by atoms with Crippen molar-refractivity contribution in [1.29, 1.82) is 0 Å². The molecule has 2 N–H and O–H groups in total. The van der Waals surface area contributed by atoms with Gasteiger partial charge in [-0.25, -0.2) is 0 Å². The summed E-state index contributed by atoms with van der Waals surface area (Å²) in [5, 5.41) is 8.38. The number of thioether (sulfide) groups is 2. The molecule has 0 rings (SSSR count). The van der Waals surface area contributed by atoms with Crippen LogP contribution in [0.1, 0.15) is 13.8 Å². The molecule has 0 fully saturated rings. The van der Waals surface area contributed by atoms with Gasteiger partial charge in [-0.15, -0.1) is 0 Å². The molecule has 0 spiro atoms. The highest BCUT2D eigenvalue weighted by molar-refractivity contribution is 8.13. The molecule has 0 aliphatic rings. The zero-order chi connectivity index (χ0) is 14.3. The van der Waals surface area contributed by atoms with Gasteiger partial charge in [0.25, 0.3) is 0 Å². The van der Waals surface area contributed by atoms with E-state index in [0.29, 0.717) is 19.8 Å². The first-order chi connectivity index (χ1) is 9.28. The summed E-state index contributed by atoms with van der Waals surface area (Å²) >= 11 is 3.25. The van der Waals surface area contributed by atoms with Gasteiger partial charge in [-0.1, -0.05) is 23.5 Å². The molecule has 0 atom stereocenters. The third-order valence-corrected chi connectivity index (χ3v) is 3.35. The summed E-state index contributed by atoms with van der Waals surface area (Å²) in [5.41, 5.74) is 0. The molecule has 0 aliphatic carbocycles. The predicted molar refractivity (Wildman–Crippen MR) is 89.8 cm³/mol. The lowest BCUT2D eigenvalue weighted by Gasteiger charge is -2.08. The lowest BCUT2D eigenvalue weighted by atomic mass is 10.6. The zero-order valence-electron chi connectivity index (χ0n) is 12.4. The van der Waals surface area contributed by atoms with Crippen LogP contribution in [0, 0.1) is 0 Å². The number of aliphatic imine (C=N–C) groups is 2. The molecule has 0 saturated heterocycles. The predicted octanol–water partition coefficient (Wildman–Crippen LogP) is 1.66. The largest absolute Gasteiger partial charge is 0.378 e. The van der Waals surface area contributed by atoms with E-state index in [2.05, 4.69) is 27.5 Å². The fourth-order valence-corrected chi connectivity index (χ4v) is 2.24. The van der Waals surface area contributed by atoms with Crippen LogP contribution in [0.25, 0.3) is 0 Å². The first kappa shape index (κ1) is 18.6. The minimum absolute atomic E-state index is 0.649. The van der Waals surface area contributed by atoms with Crippen LogP contribution in [0.2, 0.25) is 0 Å². The van der Waals surface area contributed by atoms with Crippen molar-refractivity contribution >= 4 is 33.9 Å². The Bertz CT molecular complexity index is 272. The van der Waals surface area contributed by atoms with Crippen molar-refractivity contribution in [3.05, 3.63) is 0 Å². The molecule has 0 saturated carbocycles. The Balaban J connectivity index is 3.57. The van der Waals surface area contributed by atoms with Crippen LogP contribution >= 0.6 is 23.5 Å². The number of nitrogens with one attached hydrogen (secondary N) is 2. The molecular weight excluding hydrogens is 280 g/mol. The fraction of sp³-hybridized carbons (Fsp3) is 0.833. The molecule has 0 bridgehead atoms. The van der Waals surface area contributed by atoms with E-state index >= 15 is 0 Å². The Kier molecular flexibility index (Phi) is 13.7. The molecule has 0 aliphatic heterocycles. The monoisotopic (exact) mass is 306 g/mol. The van der Waals surface area contributed by atoms with Gasteiger partial charge in [0.2, 0.25) is 0 Å². The van der Waals surface area contributed by atoms with Gasteiger partial charge in [0.15, 0.2) is 10.3 Å². The molecule has 0 aromatic carbocycles. The first-order valence-corrected chi connectivity index (χ1v) is 8.95. The van der Waals surface area contributed by atoms with E-state index in [1.165, 1.54) is 0 Å². The zero-order valence-corrected chi connectivity index (χ0v) is 14.0. The summed E-state index contributed by atoms with van der Waals surface area (Å²) < 4.78 is 5.51. The lowest BCUT2D eigenvalue weighted by Crippen LogP contribution is -2.25. The van der Waals surface area contributed by atoms with E-state index in [-0.39, 0.29) is 0 Å². The van der Waals surface area contributed by atoms with E-state index in [0.717, 1.165) is 30.0 Å². The first-order valence-electron chi connectivity index (χ1n) is 6.50. The highest BCUT2D eigenvalue weighted by Gasteiger charge is 1.95. The molecule has 19 heavy (non-hydrogen) atoms. The molecule has 5 nitrogen and oxygen atoms in total. The van der Waals surface area contributed by atoms with E-state index < -0.39 is 0 Å². The molecule has 112 valence electrons. The Morgan fingerprint density at radius 1 is 1.00 bits per heavy atom. The van der Waals surface area contributed by atoms with Crippen molar-refractivity contribution in [2.75, 3.05) is 51.9 Å². The van der Waals surface area contributed by atoms with Crippen LogP contribution < -0.4 is 10.6 Å². The smallest absolute Gasteiger partial charge is 0.156 e. The van der Waals surface area contributed by atoms with Gasteiger partial charge in [0.1, 0.15) is 0 Å². The summed E-state index contributed by atoms with van der Waals surface area (Å²) in [6.45, 7) is 8.60. The molecule has 0 amide bonds. The summed E-state index contributed by atoms with van der Waals surface area (Å²) in [6.07, 6.45) is 4.03. The van der Waals surface area contributed by atoms with Crippen LogP contribution in [-0.4, -0.2) is 62.2 Å². The van der Waals surface area contributed by atoms with Crippen molar-refractivity contribution in [2.24, 2.45) is 9.98 Å². The molecule has 0 aromatic rings. The van der Waals surface area contributed by atoms with Gasteiger partial charge >= 0.3 is 0 Å². The van der Waals surface area contributed by atoms with Crippen molar-refractivity contribution in [3.63, 3.8) is 0 Å². The summed E-state index contributed by atoms with van der Waals surface area (Å²) in [7, 11) is 0. The average molecular weight is 307 g/mol. The average Bonchev–Trinajstić information content (AvgIpc) is 2.43. The van der Waals surface area contributed by atoms with Crippen LogP contribution in [-0.2, 0) is 4.74 Å².